The molecule has 0 aliphatic heterocycles. The highest BCUT2D eigenvalue weighted by Crippen LogP contribution is 2.44. The second-order valence-corrected chi connectivity index (χ2v) is 7.68. The van der Waals surface area contributed by atoms with Crippen LogP contribution < -0.4 is 5.32 Å². The number of aliphatic carboxylic acids is 1. The first-order valence-corrected chi connectivity index (χ1v) is 9.72. The second-order valence-electron chi connectivity index (χ2n) is 7.68. The molecule has 0 radical (unpaired) electrons. The van der Waals surface area contributed by atoms with Gasteiger partial charge in [0.15, 0.2) is 5.78 Å². The van der Waals surface area contributed by atoms with E-state index in [-0.39, 0.29) is 30.6 Å². The molecule has 1 aliphatic carbocycles. The predicted molar refractivity (Wildman–Crippen MR) is 109 cm³/mol. The monoisotopic (exact) mass is 395 g/mol. The molecule has 1 amide bonds. The number of carbonyl (C=O) groups excluding carboxylic acids is 2. The standard InChI is InChI=1S/C23H25NO5/c1-14(2)11-21(25)20(12-22(26)27)24-23(28)29-13-19-17-9-5-3-7-15(17)16-8-4-6-10-18(16)19/h3-10,14,19-20H,11-13H2,1-2H3,(H,24,28)(H,26,27)/t20-/m0/s1. The number of alkyl carbamates (subject to hydrolysis) is 1. The molecule has 0 saturated carbocycles. The predicted octanol–water partition coefficient (Wildman–Crippen LogP) is 3.98. The summed E-state index contributed by atoms with van der Waals surface area (Å²) < 4.78 is 5.41. The molecule has 2 aromatic rings. The van der Waals surface area contributed by atoms with Crippen molar-refractivity contribution in [3.63, 3.8) is 0 Å². The second kappa shape index (κ2) is 8.90. The zero-order valence-electron chi connectivity index (χ0n) is 16.6. The lowest BCUT2D eigenvalue weighted by molar-refractivity contribution is -0.139. The lowest BCUT2D eigenvalue weighted by Gasteiger charge is -2.19. The number of hydrogen-bond acceptors (Lipinski definition) is 4. The highest BCUT2D eigenvalue weighted by molar-refractivity contribution is 5.90. The van der Waals surface area contributed by atoms with Gasteiger partial charge in [0.25, 0.3) is 0 Å². The van der Waals surface area contributed by atoms with Gasteiger partial charge in [0.05, 0.1) is 6.42 Å². The number of carboxylic acid groups (broad SMARTS) is 1. The Morgan fingerprint density at radius 2 is 1.52 bits per heavy atom. The van der Waals surface area contributed by atoms with Crippen LogP contribution in [0, 0.1) is 5.92 Å². The number of ketones is 1. The molecule has 0 heterocycles. The van der Waals surface area contributed by atoms with Gasteiger partial charge in [0.2, 0.25) is 0 Å². The molecule has 0 fully saturated rings. The molecule has 0 aromatic heterocycles. The van der Waals surface area contributed by atoms with Crippen LogP contribution in [0.25, 0.3) is 11.1 Å². The van der Waals surface area contributed by atoms with E-state index in [2.05, 4.69) is 5.32 Å². The highest BCUT2D eigenvalue weighted by Gasteiger charge is 2.30. The van der Waals surface area contributed by atoms with Crippen molar-refractivity contribution in [3.8, 4) is 11.1 Å². The fourth-order valence-electron chi connectivity index (χ4n) is 3.75. The molecule has 1 aliphatic rings. The lowest BCUT2D eigenvalue weighted by Crippen LogP contribution is -2.43. The maximum atomic E-state index is 12.3. The zero-order valence-corrected chi connectivity index (χ0v) is 16.6. The van der Waals surface area contributed by atoms with Crippen LogP contribution in [-0.4, -0.2) is 35.6 Å². The van der Waals surface area contributed by atoms with Crippen LogP contribution in [0.2, 0.25) is 0 Å². The zero-order chi connectivity index (χ0) is 21.0. The van der Waals surface area contributed by atoms with Crippen LogP contribution in [0.1, 0.15) is 43.7 Å². The number of carboxylic acids is 1. The van der Waals surface area contributed by atoms with Crippen molar-refractivity contribution in [3.05, 3.63) is 59.7 Å². The topological polar surface area (TPSA) is 92.7 Å². The van der Waals surface area contributed by atoms with Gasteiger partial charge in [-0.25, -0.2) is 4.79 Å². The molecular formula is C23H25NO5. The quantitative estimate of drug-likeness (QED) is 0.705. The van der Waals surface area contributed by atoms with Gasteiger partial charge >= 0.3 is 12.1 Å². The summed E-state index contributed by atoms with van der Waals surface area (Å²) in [5.41, 5.74) is 4.40. The first-order valence-electron chi connectivity index (χ1n) is 9.72. The van der Waals surface area contributed by atoms with Gasteiger partial charge in [-0.05, 0) is 28.2 Å². The van der Waals surface area contributed by atoms with Crippen LogP contribution in [0.15, 0.2) is 48.5 Å². The van der Waals surface area contributed by atoms with E-state index in [9.17, 15) is 14.4 Å². The van der Waals surface area contributed by atoms with Crippen LogP contribution in [-0.2, 0) is 14.3 Å². The Labute approximate surface area is 169 Å². The smallest absolute Gasteiger partial charge is 0.407 e. The number of nitrogens with one attached hydrogen (secondary N) is 1. The molecule has 0 unspecified atom stereocenters. The van der Waals surface area contributed by atoms with Gasteiger partial charge in [0, 0.05) is 12.3 Å². The minimum absolute atomic E-state index is 0.0723. The number of ether oxygens (including phenoxy) is 1. The van der Waals surface area contributed by atoms with Crippen LogP contribution in [0.3, 0.4) is 0 Å². The fourth-order valence-corrected chi connectivity index (χ4v) is 3.75. The Hall–Kier alpha value is -3.15. The Balaban J connectivity index is 1.68. The third kappa shape index (κ3) is 4.83. The van der Waals surface area contributed by atoms with Gasteiger partial charge in [-0.1, -0.05) is 62.4 Å². The molecule has 0 spiro atoms. The Morgan fingerprint density at radius 1 is 0.966 bits per heavy atom. The number of Topliss-reactive ketones (excluding diaryl/α,β-unsaturated/α-hetero) is 1. The number of amides is 1. The largest absolute Gasteiger partial charge is 0.481 e. The first-order chi connectivity index (χ1) is 13.9. The van der Waals surface area contributed by atoms with Crippen molar-refractivity contribution < 1.29 is 24.2 Å². The molecular weight excluding hydrogens is 370 g/mol. The number of benzene rings is 2. The van der Waals surface area contributed by atoms with Crippen molar-refractivity contribution in [1.29, 1.82) is 0 Å². The molecule has 0 saturated heterocycles. The van der Waals surface area contributed by atoms with Gasteiger partial charge in [-0.2, -0.15) is 0 Å². The van der Waals surface area contributed by atoms with Crippen LogP contribution in [0.4, 0.5) is 4.79 Å². The van der Waals surface area contributed by atoms with E-state index in [0.29, 0.717) is 0 Å². The molecule has 2 aromatic carbocycles. The minimum Gasteiger partial charge on any atom is -0.481 e. The molecule has 3 rings (SSSR count). The first kappa shape index (κ1) is 20.6. The van der Waals surface area contributed by atoms with E-state index in [1.165, 1.54) is 0 Å². The van der Waals surface area contributed by atoms with E-state index in [1.807, 2.05) is 62.4 Å². The summed E-state index contributed by atoms with van der Waals surface area (Å²) in [7, 11) is 0. The SMILES string of the molecule is CC(C)CC(=O)[C@H](CC(=O)O)NC(=O)OCC1c2ccccc2-c2ccccc21. The van der Waals surface area contributed by atoms with Gasteiger partial charge in [-0.15, -0.1) is 0 Å². The number of rotatable bonds is 8. The summed E-state index contributed by atoms with van der Waals surface area (Å²) in [5.74, 6) is -1.48. The number of hydrogen-bond donors (Lipinski definition) is 2. The molecule has 29 heavy (non-hydrogen) atoms. The van der Waals surface area contributed by atoms with Crippen molar-refractivity contribution in [2.24, 2.45) is 5.92 Å². The summed E-state index contributed by atoms with van der Waals surface area (Å²) >= 11 is 0. The van der Waals surface area contributed by atoms with E-state index in [4.69, 9.17) is 9.84 Å². The Bertz CT molecular complexity index is 875. The fraction of sp³-hybridized carbons (Fsp3) is 0.348. The van der Waals surface area contributed by atoms with E-state index >= 15 is 0 Å². The van der Waals surface area contributed by atoms with E-state index < -0.39 is 24.5 Å². The number of carbonyl (C=O) groups is 3. The van der Waals surface area contributed by atoms with Crippen molar-refractivity contribution in [2.45, 2.75) is 38.6 Å². The maximum Gasteiger partial charge on any atom is 0.407 e. The van der Waals surface area contributed by atoms with Crippen molar-refractivity contribution >= 4 is 17.8 Å². The van der Waals surface area contributed by atoms with E-state index in [1.54, 1.807) is 0 Å². The highest BCUT2D eigenvalue weighted by atomic mass is 16.5. The summed E-state index contributed by atoms with van der Waals surface area (Å²) in [6, 6.07) is 14.9. The van der Waals surface area contributed by atoms with Gasteiger partial charge in [-0.3, -0.25) is 9.59 Å². The summed E-state index contributed by atoms with van der Waals surface area (Å²) in [6.07, 6.45) is -1.05. The average Bonchev–Trinajstić information content (AvgIpc) is 2.99. The molecule has 1 atom stereocenters. The Kier molecular flexibility index (Phi) is 6.32. The van der Waals surface area contributed by atoms with Crippen molar-refractivity contribution in [1.82, 2.24) is 5.32 Å². The molecule has 2 N–H and O–H groups in total. The molecule has 152 valence electrons. The molecule has 6 nitrogen and oxygen atoms in total. The molecule has 0 bridgehead atoms. The average molecular weight is 395 g/mol. The lowest BCUT2D eigenvalue weighted by atomic mass is 9.98. The third-order valence-corrected chi connectivity index (χ3v) is 5.01. The van der Waals surface area contributed by atoms with Crippen molar-refractivity contribution in [2.75, 3.05) is 6.61 Å². The Morgan fingerprint density at radius 3 is 2.03 bits per heavy atom. The van der Waals surface area contributed by atoms with Crippen LogP contribution >= 0.6 is 0 Å². The van der Waals surface area contributed by atoms with Gasteiger partial charge in [0.1, 0.15) is 12.6 Å². The minimum atomic E-state index is -1.15. The van der Waals surface area contributed by atoms with Gasteiger partial charge < -0.3 is 15.2 Å². The third-order valence-electron chi connectivity index (χ3n) is 5.01. The summed E-state index contributed by atoms with van der Waals surface area (Å²) in [6.45, 7) is 3.84. The van der Waals surface area contributed by atoms with E-state index in [0.717, 1.165) is 22.3 Å². The summed E-state index contributed by atoms with van der Waals surface area (Å²) in [5, 5.41) is 11.5. The maximum absolute atomic E-state index is 12.3. The molecule has 6 heteroatoms. The normalized spacial score (nSPS) is 13.5. The number of fused-ring (bicyclic) bond motifs is 3. The summed E-state index contributed by atoms with van der Waals surface area (Å²) in [4.78, 5) is 35.7. The van der Waals surface area contributed by atoms with Crippen LogP contribution in [0.5, 0.6) is 0 Å².